The maximum atomic E-state index is 13.8. The van der Waals surface area contributed by atoms with E-state index in [1.54, 1.807) is 19.1 Å². The first-order valence-electron chi connectivity index (χ1n) is 7.10. The minimum absolute atomic E-state index is 0.0784. The van der Waals surface area contributed by atoms with Crippen LogP contribution >= 0.6 is 0 Å². The molecule has 0 aliphatic rings. The number of hydrogen-bond donors (Lipinski definition) is 0. The molecular weight excluding hydrogens is 298 g/mol. The second kappa shape index (κ2) is 7.50. The van der Waals surface area contributed by atoms with E-state index in [1.165, 1.54) is 35.4 Å². The molecule has 0 saturated carbocycles. The highest BCUT2D eigenvalue weighted by Gasteiger charge is 2.25. The maximum absolute atomic E-state index is 13.8. The topological polar surface area (TPSA) is 33.2 Å². The van der Waals surface area contributed by atoms with Crippen LogP contribution in [0, 0.1) is 24.0 Å². The molecule has 1 heterocycles. The van der Waals surface area contributed by atoms with Crippen molar-refractivity contribution in [1.82, 2.24) is 9.88 Å². The predicted octanol–water partition coefficient (Wildman–Crippen LogP) is 3.13. The number of halogens is 2. The van der Waals surface area contributed by atoms with Gasteiger partial charge in [0.1, 0.15) is 11.6 Å². The van der Waals surface area contributed by atoms with Gasteiger partial charge in [0, 0.05) is 12.7 Å². The van der Waals surface area contributed by atoms with Crippen LogP contribution in [0.4, 0.5) is 8.78 Å². The zero-order valence-corrected chi connectivity index (χ0v) is 12.7. The van der Waals surface area contributed by atoms with Crippen molar-refractivity contribution in [3.05, 3.63) is 65.5 Å². The summed E-state index contributed by atoms with van der Waals surface area (Å²) in [6.07, 6.45) is 6.76. The molecular formula is C18H16F2N2O. The summed E-state index contributed by atoms with van der Waals surface area (Å²) in [7, 11) is 0. The van der Waals surface area contributed by atoms with Crippen molar-refractivity contribution in [2.75, 3.05) is 6.54 Å². The first-order chi connectivity index (χ1) is 11.0. The van der Waals surface area contributed by atoms with Gasteiger partial charge in [-0.1, -0.05) is 18.1 Å². The number of hydrogen-bond acceptors (Lipinski definition) is 2. The number of carbonyl (C=O) groups excluding carboxylic acids is 1. The Hall–Kier alpha value is -2.74. The Kier molecular flexibility index (Phi) is 5.42. The molecule has 0 aliphatic carbocycles. The zero-order chi connectivity index (χ0) is 16.8. The monoisotopic (exact) mass is 314 g/mol. The average molecular weight is 314 g/mol. The number of carbonyl (C=O) groups is 1. The summed E-state index contributed by atoms with van der Waals surface area (Å²) >= 11 is 0. The molecule has 23 heavy (non-hydrogen) atoms. The van der Waals surface area contributed by atoms with E-state index < -0.39 is 11.7 Å². The van der Waals surface area contributed by atoms with Gasteiger partial charge >= 0.3 is 0 Å². The van der Waals surface area contributed by atoms with Gasteiger partial charge in [0.05, 0.1) is 18.2 Å². The van der Waals surface area contributed by atoms with Gasteiger partial charge in [-0.05, 0) is 36.8 Å². The minimum atomic E-state index is -0.759. The van der Waals surface area contributed by atoms with Gasteiger partial charge in [0.25, 0.3) is 0 Å². The SMILES string of the molecule is C#CCN(Cc1ccc(F)cc1)C(=O)[C@@H](C)c1ncccc1F. The van der Waals surface area contributed by atoms with Crippen LogP contribution in [0.15, 0.2) is 42.6 Å². The van der Waals surface area contributed by atoms with Crippen LogP contribution in [0.25, 0.3) is 0 Å². The largest absolute Gasteiger partial charge is 0.327 e. The highest BCUT2D eigenvalue weighted by Crippen LogP contribution is 2.20. The first-order valence-corrected chi connectivity index (χ1v) is 7.10. The van der Waals surface area contributed by atoms with Crippen molar-refractivity contribution >= 4 is 5.91 Å². The Morgan fingerprint density at radius 3 is 2.61 bits per heavy atom. The van der Waals surface area contributed by atoms with E-state index in [4.69, 9.17) is 6.42 Å². The van der Waals surface area contributed by atoms with Crippen LogP contribution in [-0.4, -0.2) is 22.3 Å². The van der Waals surface area contributed by atoms with Gasteiger partial charge in [0.2, 0.25) is 5.91 Å². The van der Waals surface area contributed by atoms with Crippen molar-refractivity contribution in [2.45, 2.75) is 19.4 Å². The Balaban J connectivity index is 2.19. The van der Waals surface area contributed by atoms with Crippen LogP contribution in [0.3, 0.4) is 0 Å². The molecule has 0 spiro atoms. The smallest absolute Gasteiger partial charge is 0.232 e. The number of amides is 1. The summed E-state index contributed by atoms with van der Waals surface area (Å²) in [5.74, 6) is 0.444. The summed E-state index contributed by atoms with van der Waals surface area (Å²) < 4.78 is 26.8. The van der Waals surface area contributed by atoms with E-state index in [-0.39, 0.29) is 30.5 Å². The lowest BCUT2D eigenvalue weighted by atomic mass is 10.0. The van der Waals surface area contributed by atoms with Crippen LogP contribution in [0.2, 0.25) is 0 Å². The number of terminal acetylenes is 1. The third kappa shape index (κ3) is 4.13. The standard InChI is InChI=1S/C18H16F2N2O/c1-3-11-22(12-14-6-8-15(19)9-7-14)18(23)13(2)17-16(20)5-4-10-21-17/h1,4-10,13H,11-12H2,2H3/t13-/m0/s1. The molecule has 2 rings (SSSR count). The molecule has 1 amide bonds. The molecule has 5 heteroatoms. The Morgan fingerprint density at radius 2 is 2.00 bits per heavy atom. The van der Waals surface area contributed by atoms with Crippen molar-refractivity contribution in [2.24, 2.45) is 0 Å². The number of benzene rings is 1. The summed E-state index contributed by atoms with van der Waals surface area (Å²) in [5.41, 5.74) is 0.822. The average Bonchev–Trinajstić information content (AvgIpc) is 2.55. The van der Waals surface area contributed by atoms with E-state index in [0.29, 0.717) is 0 Å². The highest BCUT2D eigenvalue weighted by molar-refractivity contribution is 5.83. The molecule has 2 aromatic rings. The molecule has 0 saturated heterocycles. The number of aromatic nitrogens is 1. The number of rotatable bonds is 5. The minimum Gasteiger partial charge on any atom is -0.327 e. The van der Waals surface area contributed by atoms with Crippen LogP contribution in [0.5, 0.6) is 0 Å². The molecule has 1 atom stereocenters. The molecule has 1 aromatic carbocycles. The highest BCUT2D eigenvalue weighted by atomic mass is 19.1. The van der Waals surface area contributed by atoms with Crippen molar-refractivity contribution in [1.29, 1.82) is 0 Å². The van der Waals surface area contributed by atoms with Crippen molar-refractivity contribution in [3.63, 3.8) is 0 Å². The fourth-order valence-electron chi connectivity index (χ4n) is 2.24. The molecule has 1 aromatic heterocycles. The van der Waals surface area contributed by atoms with Crippen molar-refractivity contribution in [3.8, 4) is 12.3 Å². The van der Waals surface area contributed by atoms with Gasteiger partial charge in [0.15, 0.2) is 0 Å². The van der Waals surface area contributed by atoms with E-state index in [1.807, 2.05) is 0 Å². The second-order valence-corrected chi connectivity index (χ2v) is 5.12. The first kappa shape index (κ1) is 16.6. The van der Waals surface area contributed by atoms with Gasteiger partial charge in [-0.3, -0.25) is 9.78 Å². The van der Waals surface area contributed by atoms with Gasteiger partial charge in [-0.2, -0.15) is 0 Å². The Morgan fingerprint density at radius 1 is 1.30 bits per heavy atom. The lowest BCUT2D eigenvalue weighted by Gasteiger charge is -2.24. The zero-order valence-electron chi connectivity index (χ0n) is 12.7. The van der Waals surface area contributed by atoms with Crippen LogP contribution in [0.1, 0.15) is 24.1 Å². The molecule has 0 bridgehead atoms. The van der Waals surface area contributed by atoms with Gasteiger partial charge in [-0.25, -0.2) is 8.78 Å². The van der Waals surface area contributed by atoms with Gasteiger partial charge < -0.3 is 4.90 Å². The second-order valence-electron chi connectivity index (χ2n) is 5.12. The number of nitrogens with zero attached hydrogens (tertiary/aromatic N) is 2. The third-order valence-electron chi connectivity index (χ3n) is 3.45. The molecule has 0 unspecified atom stereocenters. The Bertz CT molecular complexity index is 723. The molecule has 3 nitrogen and oxygen atoms in total. The molecule has 0 N–H and O–H groups in total. The predicted molar refractivity (Wildman–Crippen MR) is 83.3 cm³/mol. The van der Waals surface area contributed by atoms with E-state index in [9.17, 15) is 13.6 Å². The fraction of sp³-hybridized carbons (Fsp3) is 0.222. The third-order valence-corrected chi connectivity index (χ3v) is 3.45. The van der Waals surface area contributed by atoms with Crippen LogP contribution < -0.4 is 0 Å². The normalized spacial score (nSPS) is 11.6. The van der Waals surface area contributed by atoms with Gasteiger partial charge in [-0.15, -0.1) is 6.42 Å². The molecule has 0 aliphatic heterocycles. The lowest BCUT2D eigenvalue weighted by molar-refractivity contribution is -0.132. The lowest BCUT2D eigenvalue weighted by Crippen LogP contribution is -2.34. The molecule has 0 radical (unpaired) electrons. The van der Waals surface area contributed by atoms with E-state index in [2.05, 4.69) is 10.9 Å². The maximum Gasteiger partial charge on any atom is 0.232 e. The molecule has 0 fully saturated rings. The fourth-order valence-corrected chi connectivity index (χ4v) is 2.24. The van der Waals surface area contributed by atoms with E-state index >= 15 is 0 Å². The summed E-state index contributed by atoms with van der Waals surface area (Å²) in [4.78, 5) is 18.0. The quantitative estimate of drug-likeness (QED) is 0.795. The van der Waals surface area contributed by atoms with E-state index in [0.717, 1.165) is 5.56 Å². The van der Waals surface area contributed by atoms with Crippen molar-refractivity contribution < 1.29 is 13.6 Å². The summed E-state index contributed by atoms with van der Waals surface area (Å²) in [5, 5.41) is 0. The molecule has 118 valence electrons. The summed E-state index contributed by atoms with van der Waals surface area (Å²) in [6, 6.07) is 8.52. The Labute approximate surface area is 134 Å². The van der Waals surface area contributed by atoms with Crippen LogP contribution in [-0.2, 0) is 11.3 Å². The summed E-state index contributed by atoms with van der Waals surface area (Å²) in [6.45, 7) is 1.89. The number of pyridine rings is 1.